The minimum atomic E-state index is -0.125. The molecule has 1 heterocycles. The first-order valence-corrected chi connectivity index (χ1v) is 11.5. The van der Waals surface area contributed by atoms with Gasteiger partial charge in [-0.2, -0.15) is 0 Å². The zero-order valence-electron chi connectivity index (χ0n) is 16.7. The molecule has 30 heavy (non-hydrogen) atoms. The van der Waals surface area contributed by atoms with E-state index >= 15 is 0 Å². The molecule has 4 fully saturated rings. The lowest BCUT2D eigenvalue weighted by Gasteiger charge is -2.37. The summed E-state index contributed by atoms with van der Waals surface area (Å²) in [6, 6.07) is 7.09. The SMILES string of the molecule is O=C(Nc1cccc(Cl)c1)C1CCC(N2C(=O)[C@@H]3[C@@H]4C=C[C@H]([C@H]5C[C@H]45)[C@@H]3C2=O)CC1. The van der Waals surface area contributed by atoms with Crippen LogP contribution in [0.1, 0.15) is 32.1 Å². The normalized spacial score (nSPS) is 40.9. The maximum absolute atomic E-state index is 13.3. The third-order valence-electron chi connectivity index (χ3n) is 8.22. The third kappa shape index (κ3) is 2.71. The quantitative estimate of drug-likeness (QED) is 0.591. The monoisotopic (exact) mass is 424 g/mol. The average Bonchev–Trinajstić information content (AvgIpc) is 3.52. The first-order chi connectivity index (χ1) is 14.5. The maximum atomic E-state index is 13.3. The summed E-state index contributed by atoms with van der Waals surface area (Å²) in [5.74, 6) is 1.56. The van der Waals surface area contributed by atoms with Crippen LogP contribution in [0.15, 0.2) is 36.4 Å². The van der Waals surface area contributed by atoms with Crippen LogP contribution in [0.3, 0.4) is 0 Å². The summed E-state index contributed by atoms with van der Waals surface area (Å²) in [7, 11) is 0. The molecule has 3 amide bonds. The van der Waals surface area contributed by atoms with E-state index in [9.17, 15) is 14.4 Å². The number of hydrogen-bond donors (Lipinski definition) is 1. The molecular formula is C24H25ClN2O3. The fourth-order valence-corrected chi connectivity index (χ4v) is 6.94. The number of allylic oxidation sites excluding steroid dienone is 2. The molecule has 5 nitrogen and oxygen atoms in total. The lowest BCUT2D eigenvalue weighted by atomic mass is 9.63. The van der Waals surface area contributed by atoms with E-state index in [0.29, 0.717) is 48.2 Å². The standard InChI is InChI=1S/C24H25ClN2O3/c25-13-2-1-3-14(10-13)26-22(28)12-4-6-15(7-5-12)27-23(29)20-16-8-9-17(19-11-18(16)19)21(20)24(27)30/h1-3,8-10,12,15-21H,4-7,11H2,(H,26,28)/t12?,15?,16-,17-,18-,19-,20-,21+/m1/s1. The highest BCUT2D eigenvalue weighted by Gasteiger charge is 2.67. The van der Waals surface area contributed by atoms with Gasteiger partial charge in [-0.15, -0.1) is 0 Å². The van der Waals surface area contributed by atoms with Crippen LogP contribution in [-0.4, -0.2) is 28.7 Å². The predicted octanol–water partition coefficient (Wildman–Crippen LogP) is 3.89. The topological polar surface area (TPSA) is 66.5 Å². The predicted molar refractivity (Wildman–Crippen MR) is 112 cm³/mol. The highest BCUT2D eigenvalue weighted by Crippen LogP contribution is 2.65. The van der Waals surface area contributed by atoms with E-state index in [1.807, 2.05) is 12.1 Å². The summed E-state index contributed by atoms with van der Waals surface area (Å²) >= 11 is 6.00. The third-order valence-corrected chi connectivity index (χ3v) is 8.46. The number of halogens is 1. The first kappa shape index (κ1) is 18.6. The number of anilines is 1. The summed E-state index contributed by atoms with van der Waals surface area (Å²) < 4.78 is 0. The number of nitrogens with one attached hydrogen (secondary N) is 1. The van der Waals surface area contributed by atoms with Crippen LogP contribution in [0.2, 0.25) is 5.02 Å². The molecule has 1 saturated heterocycles. The molecule has 6 heteroatoms. The van der Waals surface area contributed by atoms with Gasteiger partial charge in [0.05, 0.1) is 11.8 Å². The van der Waals surface area contributed by atoms with E-state index in [1.165, 1.54) is 6.42 Å². The van der Waals surface area contributed by atoms with E-state index in [0.717, 1.165) is 0 Å². The van der Waals surface area contributed by atoms with Crippen molar-refractivity contribution in [3.05, 3.63) is 41.4 Å². The van der Waals surface area contributed by atoms with Crippen molar-refractivity contribution in [2.24, 2.45) is 41.4 Å². The van der Waals surface area contributed by atoms with Crippen LogP contribution < -0.4 is 5.32 Å². The number of likely N-dealkylation sites (tertiary alicyclic amines) is 1. The molecule has 1 aromatic rings. The average molecular weight is 425 g/mol. The molecule has 3 saturated carbocycles. The molecule has 2 bridgehead atoms. The number of carbonyl (C=O) groups is 3. The Hall–Kier alpha value is -2.14. The van der Waals surface area contributed by atoms with Crippen LogP contribution in [0.25, 0.3) is 0 Å². The number of nitrogens with zero attached hydrogens (tertiary/aromatic N) is 1. The van der Waals surface area contributed by atoms with Gasteiger partial charge in [-0.3, -0.25) is 19.3 Å². The molecule has 1 aliphatic heterocycles. The van der Waals surface area contributed by atoms with Gasteiger partial charge in [0.1, 0.15) is 0 Å². The van der Waals surface area contributed by atoms with Gasteiger partial charge in [0.25, 0.3) is 0 Å². The van der Waals surface area contributed by atoms with Gasteiger partial charge in [0, 0.05) is 22.7 Å². The smallest absolute Gasteiger partial charge is 0.233 e. The molecule has 6 atom stereocenters. The van der Waals surface area contributed by atoms with Crippen LogP contribution in [-0.2, 0) is 14.4 Å². The molecule has 0 radical (unpaired) electrons. The van der Waals surface area contributed by atoms with Crippen LogP contribution in [0.4, 0.5) is 5.69 Å². The number of carbonyl (C=O) groups excluding carboxylic acids is 3. The Kier molecular flexibility index (Phi) is 4.14. The summed E-state index contributed by atoms with van der Waals surface area (Å²) in [6.07, 6.45) is 8.42. The van der Waals surface area contributed by atoms with Gasteiger partial charge in [-0.25, -0.2) is 0 Å². The van der Waals surface area contributed by atoms with Gasteiger partial charge in [0.2, 0.25) is 17.7 Å². The van der Waals surface area contributed by atoms with Gasteiger partial charge in [-0.1, -0.05) is 29.8 Å². The van der Waals surface area contributed by atoms with Crippen molar-refractivity contribution in [3.63, 3.8) is 0 Å². The fraction of sp³-hybridized carbons (Fsp3) is 0.542. The molecule has 6 aliphatic rings. The Labute approximate surface area is 180 Å². The molecule has 0 aromatic heterocycles. The summed E-state index contributed by atoms with van der Waals surface area (Å²) in [4.78, 5) is 40.8. The molecule has 5 aliphatic carbocycles. The van der Waals surface area contributed by atoms with Crippen molar-refractivity contribution in [1.29, 1.82) is 0 Å². The van der Waals surface area contributed by atoms with E-state index in [-0.39, 0.29) is 53.4 Å². The largest absolute Gasteiger partial charge is 0.326 e. The van der Waals surface area contributed by atoms with E-state index in [4.69, 9.17) is 11.6 Å². The van der Waals surface area contributed by atoms with Crippen LogP contribution >= 0.6 is 11.6 Å². The highest BCUT2D eigenvalue weighted by molar-refractivity contribution is 6.30. The van der Waals surface area contributed by atoms with Gasteiger partial charge >= 0.3 is 0 Å². The fourth-order valence-electron chi connectivity index (χ4n) is 6.75. The van der Waals surface area contributed by atoms with Crippen molar-refractivity contribution >= 4 is 35.0 Å². The summed E-state index contributed by atoms with van der Waals surface area (Å²) in [6.45, 7) is 0. The number of rotatable bonds is 3. The Bertz CT molecular complexity index is 931. The maximum Gasteiger partial charge on any atom is 0.233 e. The van der Waals surface area contributed by atoms with E-state index in [1.54, 1.807) is 17.0 Å². The lowest BCUT2D eigenvalue weighted by molar-refractivity contribution is -0.144. The minimum Gasteiger partial charge on any atom is -0.326 e. The second-order valence-electron chi connectivity index (χ2n) is 9.71. The Morgan fingerprint density at radius 1 is 0.967 bits per heavy atom. The molecule has 7 rings (SSSR count). The summed E-state index contributed by atoms with van der Waals surface area (Å²) in [5, 5.41) is 3.53. The van der Waals surface area contributed by atoms with Crippen molar-refractivity contribution in [3.8, 4) is 0 Å². The van der Waals surface area contributed by atoms with Crippen LogP contribution in [0.5, 0.6) is 0 Å². The van der Waals surface area contributed by atoms with E-state index in [2.05, 4.69) is 17.5 Å². The van der Waals surface area contributed by atoms with E-state index < -0.39 is 0 Å². The first-order valence-electron chi connectivity index (χ1n) is 11.1. The Balaban J connectivity index is 1.12. The zero-order valence-corrected chi connectivity index (χ0v) is 17.4. The number of hydrogen-bond acceptors (Lipinski definition) is 3. The summed E-state index contributed by atoms with van der Waals surface area (Å²) in [5.41, 5.74) is 0.699. The molecular weight excluding hydrogens is 400 g/mol. The lowest BCUT2D eigenvalue weighted by Crippen LogP contribution is -2.44. The Morgan fingerprint density at radius 3 is 2.20 bits per heavy atom. The second kappa shape index (κ2) is 6.68. The number of imide groups is 1. The molecule has 156 valence electrons. The Morgan fingerprint density at radius 2 is 1.60 bits per heavy atom. The zero-order chi connectivity index (χ0) is 20.6. The second-order valence-corrected chi connectivity index (χ2v) is 10.1. The van der Waals surface area contributed by atoms with Crippen molar-refractivity contribution in [2.45, 2.75) is 38.1 Å². The van der Waals surface area contributed by atoms with Gasteiger partial charge in [0.15, 0.2) is 0 Å². The van der Waals surface area contributed by atoms with Crippen molar-refractivity contribution < 1.29 is 14.4 Å². The van der Waals surface area contributed by atoms with Gasteiger partial charge < -0.3 is 5.32 Å². The molecule has 0 unspecified atom stereocenters. The number of amides is 3. The molecule has 1 aromatic carbocycles. The van der Waals surface area contributed by atoms with Gasteiger partial charge in [-0.05, 0) is 74.0 Å². The molecule has 1 N–H and O–H groups in total. The molecule has 0 spiro atoms. The number of benzene rings is 1. The van der Waals surface area contributed by atoms with Crippen molar-refractivity contribution in [1.82, 2.24) is 4.90 Å². The van der Waals surface area contributed by atoms with Crippen molar-refractivity contribution in [2.75, 3.05) is 5.32 Å². The minimum absolute atomic E-state index is 0.00852. The highest BCUT2D eigenvalue weighted by atomic mass is 35.5. The van der Waals surface area contributed by atoms with Crippen LogP contribution in [0, 0.1) is 41.4 Å².